The molecule has 0 N–H and O–H groups in total. The van der Waals surface area contributed by atoms with E-state index in [1.54, 1.807) is 30.8 Å². The molecule has 6 nitrogen and oxygen atoms in total. The van der Waals surface area contributed by atoms with Gasteiger partial charge in [0.2, 0.25) is 5.91 Å². The number of carbonyl (C=O) groups excluding carboxylic acids is 1. The maximum atomic E-state index is 12.2. The Kier molecular flexibility index (Phi) is 4.65. The molecule has 0 aromatic carbocycles. The van der Waals surface area contributed by atoms with E-state index in [-0.39, 0.29) is 5.91 Å². The summed E-state index contributed by atoms with van der Waals surface area (Å²) in [4.78, 5) is 26.0. The van der Waals surface area contributed by atoms with Crippen molar-refractivity contribution in [2.75, 3.05) is 44.8 Å². The highest BCUT2D eigenvalue weighted by Gasteiger charge is 2.24. The van der Waals surface area contributed by atoms with E-state index >= 15 is 0 Å². The van der Waals surface area contributed by atoms with Gasteiger partial charge in [-0.05, 0) is 11.4 Å². The maximum Gasteiger partial charge on any atom is 0.242 e. The second-order valence-corrected chi connectivity index (χ2v) is 5.98. The van der Waals surface area contributed by atoms with Crippen LogP contribution in [0.15, 0.2) is 29.9 Å². The number of hydrogen-bond donors (Lipinski definition) is 0. The molecule has 1 fully saturated rings. The molecule has 7 heteroatoms. The molecule has 0 spiro atoms. The Morgan fingerprint density at radius 3 is 3.00 bits per heavy atom. The van der Waals surface area contributed by atoms with Crippen LogP contribution in [0.5, 0.6) is 0 Å². The van der Waals surface area contributed by atoms with Crippen LogP contribution in [-0.2, 0) is 9.53 Å². The smallest absolute Gasteiger partial charge is 0.242 e. The molecule has 1 amide bonds. The molecular weight excluding hydrogens is 300 g/mol. The molecule has 0 aliphatic carbocycles. The first-order valence-electron chi connectivity index (χ1n) is 7.15. The van der Waals surface area contributed by atoms with Crippen LogP contribution in [0.4, 0.5) is 5.82 Å². The Hall–Kier alpha value is -1.99. The van der Waals surface area contributed by atoms with Crippen molar-refractivity contribution < 1.29 is 9.53 Å². The molecule has 1 saturated heterocycles. The molecular formula is C15H18N4O2S. The first-order valence-corrected chi connectivity index (χ1v) is 8.03. The quantitative estimate of drug-likeness (QED) is 0.836. The number of piperazine rings is 1. The lowest BCUT2D eigenvalue weighted by Crippen LogP contribution is -2.51. The van der Waals surface area contributed by atoms with E-state index in [1.807, 2.05) is 27.3 Å². The summed E-state index contributed by atoms with van der Waals surface area (Å²) in [6.45, 7) is 3.00. The van der Waals surface area contributed by atoms with Gasteiger partial charge in [0.1, 0.15) is 11.5 Å². The Morgan fingerprint density at radius 2 is 2.27 bits per heavy atom. The zero-order chi connectivity index (χ0) is 15.4. The first kappa shape index (κ1) is 14.9. The molecule has 3 heterocycles. The SMILES string of the molecule is COCCN1CCN(c2cncc(-c3cccs3)n2)CC1=O. The van der Waals surface area contributed by atoms with E-state index in [0.717, 1.165) is 22.9 Å². The van der Waals surface area contributed by atoms with Gasteiger partial charge in [0, 0.05) is 26.7 Å². The number of methoxy groups -OCH3 is 1. The van der Waals surface area contributed by atoms with Crippen LogP contribution in [0, 0.1) is 0 Å². The summed E-state index contributed by atoms with van der Waals surface area (Å²) < 4.78 is 5.03. The van der Waals surface area contributed by atoms with E-state index in [1.165, 1.54) is 0 Å². The summed E-state index contributed by atoms with van der Waals surface area (Å²) in [6, 6.07) is 4.01. The normalized spacial score (nSPS) is 15.4. The van der Waals surface area contributed by atoms with Gasteiger partial charge in [-0.15, -0.1) is 11.3 Å². The summed E-state index contributed by atoms with van der Waals surface area (Å²) in [5.41, 5.74) is 0.849. The van der Waals surface area contributed by atoms with Gasteiger partial charge >= 0.3 is 0 Å². The number of rotatable bonds is 5. The summed E-state index contributed by atoms with van der Waals surface area (Å²) in [5.74, 6) is 0.859. The van der Waals surface area contributed by atoms with E-state index < -0.39 is 0 Å². The molecule has 0 unspecified atom stereocenters. The molecule has 2 aromatic heterocycles. The highest BCUT2D eigenvalue weighted by Crippen LogP contribution is 2.24. The average molecular weight is 318 g/mol. The number of thiophene rings is 1. The summed E-state index contributed by atoms with van der Waals surface area (Å²) in [6.07, 6.45) is 3.47. The number of aromatic nitrogens is 2. The van der Waals surface area contributed by atoms with Crippen LogP contribution in [0.2, 0.25) is 0 Å². The monoisotopic (exact) mass is 318 g/mol. The molecule has 0 bridgehead atoms. The molecule has 0 saturated carbocycles. The third-order valence-corrected chi connectivity index (χ3v) is 4.50. The molecule has 116 valence electrons. The van der Waals surface area contributed by atoms with Crippen LogP contribution >= 0.6 is 11.3 Å². The van der Waals surface area contributed by atoms with Crippen LogP contribution in [0.3, 0.4) is 0 Å². The lowest BCUT2D eigenvalue weighted by atomic mass is 10.3. The van der Waals surface area contributed by atoms with Gasteiger partial charge in [-0.1, -0.05) is 6.07 Å². The van der Waals surface area contributed by atoms with Gasteiger partial charge in [0.25, 0.3) is 0 Å². The van der Waals surface area contributed by atoms with Crippen molar-refractivity contribution in [1.29, 1.82) is 0 Å². The maximum absolute atomic E-state index is 12.2. The van der Waals surface area contributed by atoms with Gasteiger partial charge in [-0.2, -0.15) is 0 Å². The summed E-state index contributed by atoms with van der Waals surface area (Å²) >= 11 is 1.63. The third-order valence-electron chi connectivity index (χ3n) is 3.60. The summed E-state index contributed by atoms with van der Waals surface area (Å²) in [5, 5.41) is 2.02. The third kappa shape index (κ3) is 3.26. The van der Waals surface area contributed by atoms with Crippen molar-refractivity contribution in [3.8, 4) is 10.6 Å². The van der Waals surface area contributed by atoms with E-state index in [4.69, 9.17) is 4.74 Å². The highest BCUT2D eigenvalue weighted by molar-refractivity contribution is 7.13. The van der Waals surface area contributed by atoms with Crippen molar-refractivity contribution in [1.82, 2.24) is 14.9 Å². The Balaban J connectivity index is 1.71. The minimum atomic E-state index is 0.103. The molecule has 2 aromatic rings. The van der Waals surface area contributed by atoms with Crippen molar-refractivity contribution >= 4 is 23.1 Å². The van der Waals surface area contributed by atoms with E-state index in [0.29, 0.717) is 26.2 Å². The Morgan fingerprint density at radius 1 is 1.36 bits per heavy atom. The number of anilines is 1. The van der Waals surface area contributed by atoms with Crippen LogP contribution in [0.1, 0.15) is 0 Å². The second-order valence-electron chi connectivity index (χ2n) is 5.03. The number of nitrogens with zero attached hydrogens (tertiary/aromatic N) is 4. The zero-order valence-electron chi connectivity index (χ0n) is 12.4. The molecule has 0 atom stereocenters. The van der Waals surface area contributed by atoms with E-state index in [9.17, 15) is 4.79 Å². The standard InChI is InChI=1S/C15H18N4O2S/c1-21-7-6-18-4-5-19(11-15(18)20)14-10-16-9-12(17-14)13-3-2-8-22-13/h2-3,8-10H,4-7,11H2,1H3. The number of hydrogen-bond acceptors (Lipinski definition) is 6. The van der Waals surface area contributed by atoms with Crippen molar-refractivity contribution in [2.24, 2.45) is 0 Å². The first-order chi connectivity index (χ1) is 10.8. The highest BCUT2D eigenvalue weighted by atomic mass is 32.1. The predicted octanol–water partition coefficient (Wildman–Crippen LogP) is 1.50. The van der Waals surface area contributed by atoms with Gasteiger partial charge in [-0.3, -0.25) is 9.78 Å². The van der Waals surface area contributed by atoms with Crippen LogP contribution in [-0.4, -0.2) is 60.7 Å². The van der Waals surface area contributed by atoms with Crippen molar-refractivity contribution in [3.05, 3.63) is 29.9 Å². The van der Waals surface area contributed by atoms with E-state index in [2.05, 4.69) is 9.97 Å². The fourth-order valence-electron chi connectivity index (χ4n) is 2.39. The fourth-order valence-corrected chi connectivity index (χ4v) is 3.07. The van der Waals surface area contributed by atoms with Crippen molar-refractivity contribution in [3.63, 3.8) is 0 Å². The minimum Gasteiger partial charge on any atom is -0.383 e. The van der Waals surface area contributed by atoms with Gasteiger partial charge < -0.3 is 14.5 Å². The molecule has 1 aliphatic rings. The van der Waals surface area contributed by atoms with Crippen molar-refractivity contribution in [2.45, 2.75) is 0 Å². The molecule has 22 heavy (non-hydrogen) atoms. The predicted molar refractivity (Wildman–Crippen MR) is 86.0 cm³/mol. The van der Waals surface area contributed by atoms with Crippen LogP contribution in [0.25, 0.3) is 10.6 Å². The van der Waals surface area contributed by atoms with Gasteiger partial charge in [0.05, 0.1) is 30.4 Å². The second kappa shape index (κ2) is 6.85. The zero-order valence-corrected chi connectivity index (χ0v) is 13.3. The average Bonchev–Trinajstić information content (AvgIpc) is 3.08. The molecule has 3 rings (SSSR count). The fraction of sp³-hybridized carbons (Fsp3) is 0.400. The van der Waals surface area contributed by atoms with Gasteiger partial charge in [-0.25, -0.2) is 4.98 Å². The Bertz CT molecular complexity index is 632. The molecule has 0 radical (unpaired) electrons. The van der Waals surface area contributed by atoms with Crippen LogP contribution < -0.4 is 4.90 Å². The van der Waals surface area contributed by atoms with Gasteiger partial charge in [0.15, 0.2) is 0 Å². The topological polar surface area (TPSA) is 58.6 Å². The minimum absolute atomic E-state index is 0.103. The summed E-state index contributed by atoms with van der Waals surface area (Å²) in [7, 11) is 1.65. The number of amides is 1. The number of ether oxygens (including phenoxy) is 1. The lowest BCUT2D eigenvalue weighted by molar-refractivity contribution is -0.131. The molecule has 1 aliphatic heterocycles. The Labute approximate surface area is 133 Å². The number of carbonyl (C=O) groups is 1. The largest absolute Gasteiger partial charge is 0.383 e. The lowest BCUT2D eigenvalue weighted by Gasteiger charge is -2.34.